The minimum atomic E-state index is -0.337. The van der Waals surface area contributed by atoms with Crippen molar-refractivity contribution in [2.75, 3.05) is 24.5 Å². The van der Waals surface area contributed by atoms with E-state index in [1.54, 1.807) is 12.3 Å². The molecule has 0 bridgehead atoms. The van der Waals surface area contributed by atoms with Crippen LogP contribution in [0.2, 0.25) is 0 Å². The average Bonchev–Trinajstić information content (AvgIpc) is 2.72. The number of benzene rings is 1. The summed E-state index contributed by atoms with van der Waals surface area (Å²) in [5.74, 6) is 0.176. The predicted octanol–water partition coefficient (Wildman–Crippen LogP) is 2.07. The van der Waals surface area contributed by atoms with Crippen molar-refractivity contribution in [2.45, 2.75) is 32.2 Å². The summed E-state index contributed by atoms with van der Waals surface area (Å²) in [6, 6.07) is 10.8. The number of amides is 2. The molecule has 3 rings (SSSR count). The maximum atomic E-state index is 12.8. The van der Waals surface area contributed by atoms with Gasteiger partial charge in [0.15, 0.2) is 0 Å². The fourth-order valence-electron chi connectivity index (χ4n) is 3.14. The summed E-state index contributed by atoms with van der Waals surface area (Å²) in [7, 11) is 0. The molecule has 0 spiro atoms. The largest absolute Gasteiger partial charge is 0.354 e. The van der Waals surface area contributed by atoms with Crippen molar-refractivity contribution in [1.82, 2.24) is 20.6 Å². The van der Waals surface area contributed by atoms with E-state index in [9.17, 15) is 9.59 Å². The van der Waals surface area contributed by atoms with Crippen molar-refractivity contribution in [1.29, 1.82) is 0 Å². The lowest BCUT2D eigenvalue weighted by atomic mass is 10.1. The molecule has 2 N–H and O–H groups in total. The van der Waals surface area contributed by atoms with Gasteiger partial charge in [0.2, 0.25) is 11.9 Å². The van der Waals surface area contributed by atoms with Gasteiger partial charge in [0.1, 0.15) is 5.69 Å². The lowest BCUT2D eigenvalue weighted by Crippen LogP contribution is -2.38. The van der Waals surface area contributed by atoms with E-state index >= 15 is 0 Å². The highest BCUT2D eigenvalue weighted by molar-refractivity contribution is 5.92. The third kappa shape index (κ3) is 5.26. The number of aromatic nitrogens is 2. The third-order valence-corrected chi connectivity index (χ3v) is 4.58. The van der Waals surface area contributed by atoms with E-state index in [-0.39, 0.29) is 17.9 Å². The molecule has 7 heteroatoms. The van der Waals surface area contributed by atoms with E-state index in [1.165, 1.54) is 13.3 Å². The van der Waals surface area contributed by atoms with Crippen LogP contribution in [0.3, 0.4) is 0 Å². The molecule has 2 aromatic rings. The summed E-state index contributed by atoms with van der Waals surface area (Å²) in [4.78, 5) is 35.0. The van der Waals surface area contributed by atoms with Crippen LogP contribution >= 0.6 is 0 Å². The molecule has 1 aliphatic heterocycles. The number of carbonyl (C=O) groups excluding carboxylic acids is 2. The molecule has 7 nitrogen and oxygen atoms in total. The summed E-state index contributed by atoms with van der Waals surface area (Å²) in [5.41, 5.74) is 1.25. The normalized spacial score (nSPS) is 15.1. The molecule has 0 radical (unpaired) electrons. The lowest BCUT2D eigenvalue weighted by Gasteiger charge is -2.26. The molecular formula is C20H25N5O2. The first-order chi connectivity index (χ1) is 13.1. The molecule has 1 saturated heterocycles. The van der Waals surface area contributed by atoms with Crippen molar-refractivity contribution < 1.29 is 9.59 Å². The molecule has 0 unspecified atom stereocenters. The Morgan fingerprint density at radius 2 is 1.85 bits per heavy atom. The fraction of sp³-hybridized carbons (Fsp3) is 0.400. The Hall–Kier alpha value is -2.96. The van der Waals surface area contributed by atoms with Crippen molar-refractivity contribution in [2.24, 2.45) is 0 Å². The van der Waals surface area contributed by atoms with Crippen LogP contribution < -0.4 is 15.5 Å². The van der Waals surface area contributed by atoms with Crippen LogP contribution in [0.4, 0.5) is 5.95 Å². The number of anilines is 1. The number of rotatable bonds is 6. The van der Waals surface area contributed by atoms with Crippen molar-refractivity contribution in [3.05, 3.63) is 53.9 Å². The number of nitrogens with zero attached hydrogens (tertiary/aromatic N) is 3. The Labute approximate surface area is 159 Å². The van der Waals surface area contributed by atoms with E-state index in [1.807, 2.05) is 30.3 Å². The Bertz CT molecular complexity index is 775. The van der Waals surface area contributed by atoms with E-state index in [2.05, 4.69) is 25.5 Å². The SMILES string of the molecule is CC(=O)NC[C@@H](NC(=O)c1ccnc(N2CCCCC2)n1)c1ccccc1. The van der Waals surface area contributed by atoms with Crippen molar-refractivity contribution in [3.63, 3.8) is 0 Å². The second-order valence-electron chi connectivity index (χ2n) is 6.66. The third-order valence-electron chi connectivity index (χ3n) is 4.58. The van der Waals surface area contributed by atoms with Gasteiger partial charge < -0.3 is 15.5 Å². The summed E-state index contributed by atoms with van der Waals surface area (Å²) in [6.45, 7) is 3.61. The summed E-state index contributed by atoms with van der Waals surface area (Å²) >= 11 is 0. The fourth-order valence-corrected chi connectivity index (χ4v) is 3.14. The number of piperidine rings is 1. The van der Waals surface area contributed by atoms with Gasteiger partial charge in [-0.15, -0.1) is 0 Å². The zero-order valence-corrected chi connectivity index (χ0v) is 15.5. The highest BCUT2D eigenvalue weighted by Gasteiger charge is 2.19. The van der Waals surface area contributed by atoms with Gasteiger partial charge in [-0.05, 0) is 30.9 Å². The Balaban J connectivity index is 1.73. The van der Waals surface area contributed by atoms with Crippen LogP contribution in [0, 0.1) is 0 Å². The molecule has 1 aliphatic rings. The first-order valence-corrected chi connectivity index (χ1v) is 9.32. The summed E-state index contributed by atoms with van der Waals surface area (Å²) < 4.78 is 0. The van der Waals surface area contributed by atoms with Gasteiger partial charge in [-0.1, -0.05) is 30.3 Å². The Kier molecular flexibility index (Phi) is 6.35. The van der Waals surface area contributed by atoms with Gasteiger partial charge in [0.25, 0.3) is 5.91 Å². The second kappa shape index (κ2) is 9.12. The zero-order valence-electron chi connectivity index (χ0n) is 15.5. The Morgan fingerprint density at radius 1 is 1.11 bits per heavy atom. The van der Waals surface area contributed by atoms with E-state index in [0.29, 0.717) is 18.2 Å². The Morgan fingerprint density at radius 3 is 2.56 bits per heavy atom. The quantitative estimate of drug-likeness (QED) is 0.816. The molecule has 1 atom stereocenters. The maximum absolute atomic E-state index is 12.8. The maximum Gasteiger partial charge on any atom is 0.270 e. The second-order valence-corrected chi connectivity index (χ2v) is 6.66. The van der Waals surface area contributed by atoms with Crippen LogP contribution in [0.25, 0.3) is 0 Å². The molecule has 1 aromatic carbocycles. The predicted molar refractivity (Wildman–Crippen MR) is 103 cm³/mol. The molecule has 2 heterocycles. The molecule has 142 valence electrons. The first-order valence-electron chi connectivity index (χ1n) is 9.32. The summed E-state index contributed by atoms with van der Waals surface area (Å²) in [5, 5.41) is 5.74. The first kappa shape index (κ1) is 18.8. The van der Waals surface area contributed by atoms with Gasteiger partial charge in [0, 0.05) is 32.8 Å². The molecule has 1 aromatic heterocycles. The van der Waals surface area contributed by atoms with Crippen molar-refractivity contribution in [3.8, 4) is 0 Å². The highest BCUT2D eigenvalue weighted by Crippen LogP contribution is 2.16. The van der Waals surface area contributed by atoms with Crippen molar-refractivity contribution >= 4 is 17.8 Å². The molecule has 27 heavy (non-hydrogen) atoms. The molecule has 1 fully saturated rings. The average molecular weight is 367 g/mol. The number of carbonyl (C=O) groups is 2. The zero-order chi connectivity index (χ0) is 19.1. The van der Waals surface area contributed by atoms with Crippen LogP contribution in [-0.2, 0) is 4.79 Å². The van der Waals surface area contributed by atoms with Gasteiger partial charge in [-0.2, -0.15) is 0 Å². The minimum Gasteiger partial charge on any atom is -0.354 e. The van der Waals surface area contributed by atoms with Crippen LogP contribution in [-0.4, -0.2) is 41.4 Å². The smallest absolute Gasteiger partial charge is 0.270 e. The van der Waals surface area contributed by atoms with E-state index in [0.717, 1.165) is 31.5 Å². The topological polar surface area (TPSA) is 87.2 Å². The van der Waals surface area contributed by atoms with Gasteiger partial charge >= 0.3 is 0 Å². The molecule has 0 saturated carbocycles. The number of hydrogen-bond acceptors (Lipinski definition) is 5. The van der Waals surface area contributed by atoms with Crippen LogP contribution in [0.5, 0.6) is 0 Å². The number of nitrogens with one attached hydrogen (secondary N) is 2. The molecular weight excluding hydrogens is 342 g/mol. The van der Waals surface area contributed by atoms with Gasteiger partial charge in [0.05, 0.1) is 6.04 Å². The molecule has 2 amide bonds. The highest BCUT2D eigenvalue weighted by atomic mass is 16.2. The standard InChI is InChI=1S/C20H25N5O2/c1-15(26)22-14-18(16-8-4-2-5-9-16)23-19(27)17-10-11-21-20(24-17)25-12-6-3-7-13-25/h2,4-5,8-11,18H,3,6-7,12-14H2,1H3,(H,22,26)(H,23,27)/t18-/m1/s1. The van der Waals surface area contributed by atoms with Gasteiger partial charge in [-0.3, -0.25) is 9.59 Å². The number of hydrogen-bond donors (Lipinski definition) is 2. The molecule has 0 aliphatic carbocycles. The van der Waals surface area contributed by atoms with Crippen LogP contribution in [0.15, 0.2) is 42.6 Å². The van der Waals surface area contributed by atoms with E-state index in [4.69, 9.17) is 0 Å². The lowest BCUT2D eigenvalue weighted by molar-refractivity contribution is -0.119. The van der Waals surface area contributed by atoms with Gasteiger partial charge in [-0.25, -0.2) is 9.97 Å². The monoisotopic (exact) mass is 367 g/mol. The minimum absolute atomic E-state index is 0.139. The van der Waals surface area contributed by atoms with E-state index < -0.39 is 0 Å². The summed E-state index contributed by atoms with van der Waals surface area (Å²) in [6.07, 6.45) is 5.08. The van der Waals surface area contributed by atoms with Crippen LogP contribution in [0.1, 0.15) is 48.3 Å².